The van der Waals surface area contributed by atoms with Gasteiger partial charge in [-0.3, -0.25) is 0 Å². The number of anilines is 2. The van der Waals surface area contributed by atoms with Crippen molar-refractivity contribution in [1.82, 2.24) is 0 Å². The predicted octanol–water partition coefficient (Wildman–Crippen LogP) is 19.6. The molecular formula is C69H55N. The van der Waals surface area contributed by atoms with Crippen LogP contribution in [0.4, 0.5) is 11.4 Å². The molecule has 0 bridgehead atoms. The van der Waals surface area contributed by atoms with E-state index in [0.29, 0.717) is 11.8 Å². The lowest BCUT2D eigenvalue weighted by Gasteiger charge is -2.49. The topological polar surface area (TPSA) is 3.24 Å². The van der Waals surface area contributed by atoms with Crippen LogP contribution in [0.5, 0.6) is 0 Å². The lowest BCUT2D eigenvalue weighted by Crippen LogP contribution is -2.48. The molecule has 1 nitrogen and oxygen atoms in total. The highest BCUT2D eigenvalue weighted by Gasteiger charge is 2.53. The van der Waals surface area contributed by atoms with Gasteiger partial charge in [-0.15, -0.1) is 0 Å². The van der Waals surface area contributed by atoms with Crippen LogP contribution in [0.25, 0.3) is 109 Å². The van der Waals surface area contributed by atoms with Gasteiger partial charge in [0.05, 0.1) is 0 Å². The minimum absolute atomic E-state index is 0.0170. The molecule has 3 unspecified atom stereocenters. The fourth-order valence-electron chi connectivity index (χ4n) is 13.6. The molecule has 1 heteroatoms. The molecule has 14 rings (SSSR count). The summed E-state index contributed by atoms with van der Waals surface area (Å²) in [6.45, 7) is 9.93. The van der Waals surface area contributed by atoms with Crippen molar-refractivity contribution >= 4 is 76.0 Å². The normalized spacial score (nSPS) is 18.1. The lowest BCUT2D eigenvalue weighted by molar-refractivity contribution is 0.127. The molecular weight excluding hydrogens is 843 g/mol. The summed E-state index contributed by atoms with van der Waals surface area (Å²) in [6, 6.07) is 80.8. The summed E-state index contributed by atoms with van der Waals surface area (Å²) in [4.78, 5) is 2.71. The third-order valence-electron chi connectivity index (χ3n) is 17.1. The van der Waals surface area contributed by atoms with Crippen LogP contribution < -0.4 is 4.90 Å². The van der Waals surface area contributed by atoms with Gasteiger partial charge >= 0.3 is 0 Å². The molecule has 0 radical (unpaired) electrons. The third kappa shape index (κ3) is 6.10. The maximum Gasteiger partial charge on any atom is 0.0492 e. The summed E-state index contributed by atoms with van der Waals surface area (Å²) < 4.78 is 0. The quantitative estimate of drug-likeness (QED) is 0.156. The first-order valence-electron chi connectivity index (χ1n) is 25.5. The molecule has 1 aliphatic carbocycles. The zero-order valence-corrected chi connectivity index (χ0v) is 40.4. The smallest absolute Gasteiger partial charge is 0.0492 e. The van der Waals surface area contributed by atoms with E-state index in [9.17, 15) is 0 Å². The number of nitrogens with zero attached hydrogens (tertiary/aromatic N) is 1. The predicted molar refractivity (Wildman–Crippen MR) is 301 cm³/mol. The van der Waals surface area contributed by atoms with Gasteiger partial charge in [0, 0.05) is 22.8 Å². The Morgan fingerprint density at radius 3 is 1.36 bits per heavy atom. The van der Waals surface area contributed by atoms with Crippen LogP contribution in [0, 0.1) is 11.3 Å². The van der Waals surface area contributed by atoms with E-state index in [1.165, 1.54) is 145 Å². The highest BCUT2D eigenvalue weighted by atomic mass is 15.2. The van der Waals surface area contributed by atoms with Crippen LogP contribution >= 0.6 is 0 Å². The minimum Gasteiger partial charge on any atom is -0.335 e. The van der Waals surface area contributed by atoms with Gasteiger partial charge in [-0.1, -0.05) is 197 Å². The van der Waals surface area contributed by atoms with Crippen molar-refractivity contribution in [2.24, 2.45) is 11.3 Å². The second-order valence-corrected chi connectivity index (χ2v) is 21.8. The average molecular weight is 898 g/mol. The van der Waals surface area contributed by atoms with Gasteiger partial charge in [-0.25, -0.2) is 0 Å². The lowest BCUT2D eigenvalue weighted by atomic mass is 9.62. The fourth-order valence-corrected chi connectivity index (χ4v) is 13.6. The van der Waals surface area contributed by atoms with Gasteiger partial charge in [0.15, 0.2) is 0 Å². The summed E-state index contributed by atoms with van der Waals surface area (Å²) in [6.07, 6.45) is 3.60. The molecule has 0 N–H and O–H groups in total. The Morgan fingerprint density at radius 1 is 0.414 bits per heavy atom. The van der Waals surface area contributed by atoms with E-state index in [2.05, 4.69) is 245 Å². The van der Waals surface area contributed by atoms with E-state index in [4.69, 9.17) is 0 Å². The molecule has 0 saturated heterocycles. The van der Waals surface area contributed by atoms with E-state index < -0.39 is 0 Å². The van der Waals surface area contributed by atoms with Gasteiger partial charge in [0.25, 0.3) is 0 Å². The van der Waals surface area contributed by atoms with Crippen molar-refractivity contribution in [3.63, 3.8) is 0 Å². The Kier molecular flexibility index (Phi) is 9.06. The molecule has 2 aliphatic rings. The van der Waals surface area contributed by atoms with E-state index in [-0.39, 0.29) is 11.0 Å². The summed E-state index contributed by atoms with van der Waals surface area (Å²) in [7, 11) is 0. The number of hydrogen-bond acceptors (Lipinski definition) is 1. The molecule has 1 saturated carbocycles. The maximum absolute atomic E-state index is 2.71. The molecule has 1 aliphatic heterocycles. The Bertz CT molecular complexity index is 3940. The van der Waals surface area contributed by atoms with Gasteiger partial charge in [-0.2, -0.15) is 0 Å². The summed E-state index contributed by atoms with van der Waals surface area (Å²) in [5, 5.41) is 15.4. The van der Waals surface area contributed by atoms with Crippen LogP contribution in [-0.2, 0) is 0 Å². The van der Waals surface area contributed by atoms with E-state index in [0.717, 1.165) is 0 Å². The number of para-hydroxylation sites is 1. The zero-order valence-electron chi connectivity index (χ0n) is 40.4. The molecule has 0 spiro atoms. The van der Waals surface area contributed by atoms with Crippen LogP contribution in [0.3, 0.4) is 0 Å². The van der Waals surface area contributed by atoms with Gasteiger partial charge < -0.3 is 4.90 Å². The van der Waals surface area contributed by atoms with Crippen molar-refractivity contribution in [2.45, 2.75) is 58.4 Å². The first-order valence-corrected chi connectivity index (χ1v) is 25.5. The SMILES string of the molecule is CC(C)(C)C1CCC2(C)C(C1)c1cc(-c3cc(-c4cccc5ccccc45)c4ccc5c(-c6cccc7ccccc67)cc(-c6cccc7ccccc67)c6ccc3c4c65)ccc1N2c1ccccc1. The van der Waals surface area contributed by atoms with E-state index in [1.54, 1.807) is 0 Å². The minimum atomic E-state index is -0.0170. The highest BCUT2D eigenvalue weighted by Crippen LogP contribution is 2.61. The second-order valence-electron chi connectivity index (χ2n) is 21.8. The van der Waals surface area contributed by atoms with Crippen LogP contribution in [0.15, 0.2) is 212 Å². The molecule has 12 aromatic rings. The largest absolute Gasteiger partial charge is 0.335 e. The Labute approximate surface area is 411 Å². The number of fused-ring (bicyclic) bond motifs is 6. The molecule has 0 amide bonds. The molecule has 12 aromatic carbocycles. The van der Waals surface area contributed by atoms with Crippen LogP contribution in [0.1, 0.15) is 58.4 Å². The van der Waals surface area contributed by atoms with Crippen molar-refractivity contribution in [3.8, 4) is 44.5 Å². The van der Waals surface area contributed by atoms with Gasteiger partial charge in [0.2, 0.25) is 0 Å². The number of hydrogen-bond donors (Lipinski definition) is 0. The van der Waals surface area contributed by atoms with Crippen molar-refractivity contribution in [1.29, 1.82) is 0 Å². The van der Waals surface area contributed by atoms with E-state index >= 15 is 0 Å². The fraction of sp³-hybridized carbons (Fsp3) is 0.159. The molecule has 0 aromatic heterocycles. The van der Waals surface area contributed by atoms with Crippen LogP contribution in [-0.4, -0.2) is 5.54 Å². The maximum atomic E-state index is 2.71. The first-order chi connectivity index (χ1) is 34.2. The zero-order chi connectivity index (χ0) is 46.9. The summed E-state index contributed by atoms with van der Waals surface area (Å²) in [5.41, 5.74) is 14.6. The monoisotopic (exact) mass is 897 g/mol. The molecule has 70 heavy (non-hydrogen) atoms. The average Bonchev–Trinajstić information content (AvgIpc) is 3.66. The molecule has 1 fully saturated rings. The summed E-state index contributed by atoms with van der Waals surface area (Å²) in [5.74, 6) is 1.06. The highest BCUT2D eigenvalue weighted by molar-refractivity contribution is 6.33. The Hall–Kier alpha value is -7.74. The standard InChI is InChI=1S/C69H55N/c1-68(2,3)47-37-38-69(4)64(40-47)63-39-46(31-36-65(63)70(69)48-23-6-5-7-24-48)59-41-60(52-28-14-20-43-17-8-11-25-49(43)52)56-34-35-58-62(54-30-16-22-45-19-10-13-27-51(45)54)42-61(57-33-32-55(59)66(56)67(57)58)53-29-15-21-44-18-9-12-26-50(44)53/h5-36,39,41-42,47,64H,37-38,40H2,1-4H3. The molecule has 336 valence electrons. The van der Waals surface area contributed by atoms with Crippen molar-refractivity contribution in [3.05, 3.63) is 218 Å². The number of rotatable bonds is 5. The summed E-state index contributed by atoms with van der Waals surface area (Å²) >= 11 is 0. The first kappa shape index (κ1) is 41.3. The molecule has 3 atom stereocenters. The molecule has 1 heterocycles. The van der Waals surface area contributed by atoms with Crippen LogP contribution in [0.2, 0.25) is 0 Å². The second kappa shape index (κ2) is 15.4. The Balaban J connectivity index is 1.10. The van der Waals surface area contributed by atoms with Gasteiger partial charge in [-0.05, 0) is 189 Å². The Morgan fingerprint density at radius 2 is 0.857 bits per heavy atom. The van der Waals surface area contributed by atoms with Crippen molar-refractivity contribution in [2.75, 3.05) is 4.90 Å². The van der Waals surface area contributed by atoms with Gasteiger partial charge in [0.1, 0.15) is 0 Å². The third-order valence-corrected chi connectivity index (χ3v) is 17.1. The van der Waals surface area contributed by atoms with E-state index in [1.807, 2.05) is 0 Å². The number of benzene rings is 12. The van der Waals surface area contributed by atoms with Crippen molar-refractivity contribution < 1.29 is 0 Å².